The Balaban J connectivity index is 1.83. The van der Waals surface area contributed by atoms with E-state index in [1.165, 1.54) is 64.6 Å². The molecule has 0 aromatic heterocycles. The van der Waals surface area contributed by atoms with E-state index in [4.69, 9.17) is 0 Å². The largest absolute Gasteiger partial charge is 0.286 e. The van der Waals surface area contributed by atoms with E-state index in [0.29, 0.717) is 0 Å². The lowest BCUT2D eigenvalue weighted by atomic mass is 9.91. The summed E-state index contributed by atoms with van der Waals surface area (Å²) in [4.78, 5) is 5.63. The van der Waals surface area contributed by atoms with E-state index in [1.807, 2.05) is 0 Å². The van der Waals surface area contributed by atoms with Crippen molar-refractivity contribution in [1.82, 2.24) is 9.80 Å². The van der Waals surface area contributed by atoms with Crippen molar-refractivity contribution in [2.45, 2.75) is 64.1 Å². The van der Waals surface area contributed by atoms with Gasteiger partial charge in [0.05, 0.1) is 6.17 Å². The van der Waals surface area contributed by atoms with E-state index in [-0.39, 0.29) is 0 Å². The number of hydrogen-bond donors (Lipinski definition) is 0. The Hall–Kier alpha value is -0.0800. The van der Waals surface area contributed by atoms with Crippen LogP contribution in [0.1, 0.15) is 51.9 Å². The van der Waals surface area contributed by atoms with E-state index >= 15 is 0 Å². The number of nitrogens with zero attached hydrogens (tertiary/aromatic N) is 2. The SMILES string of the molecule is CC1CN2CCCCCC3CCCCN1[C@H]32. The second-order valence-electron chi connectivity index (χ2n) is 6.10. The topological polar surface area (TPSA) is 6.48 Å². The van der Waals surface area contributed by atoms with Crippen molar-refractivity contribution in [2.75, 3.05) is 19.6 Å². The van der Waals surface area contributed by atoms with Crippen molar-refractivity contribution < 1.29 is 0 Å². The maximum atomic E-state index is 2.82. The molecule has 2 heteroatoms. The fourth-order valence-corrected chi connectivity index (χ4v) is 4.21. The van der Waals surface area contributed by atoms with Gasteiger partial charge in [-0.05, 0) is 51.6 Å². The Morgan fingerprint density at radius 2 is 1.62 bits per heavy atom. The summed E-state index contributed by atoms with van der Waals surface area (Å²) in [6.07, 6.45) is 11.1. The van der Waals surface area contributed by atoms with Crippen molar-refractivity contribution in [2.24, 2.45) is 5.92 Å². The Bertz CT molecular complexity index is 241. The average Bonchev–Trinajstić information content (AvgIpc) is 2.47. The van der Waals surface area contributed by atoms with Crippen LogP contribution in [0.25, 0.3) is 0 Å². The molecule has 3 rings (SSSR count). The molecule has 0 amide bonds. The van der Waals surface area contributed by atoms with Gasteiger partial charge in [0.15, 0.2) is 0 Å². The summed E-state index contributed by atoms with van der Waals surface area (Å²) in [7, 11) is 0. The van der Waals surface area contributed by atoms with E-state index < -0.39 is 0 Å². The zero-order chi connectivity index (χ0) is 11.0. The number of hydrogen-bond acceptors (Lipinski definition) is 2. The fourth-order valence-electron chi connectivity index (χ4n) is 4.21. The van der Waals surface area contributed by atoms with Gasteiger partial charge in [0, 0.05) is 12.6 Å². The highest BCUT2D eigenvalue weighted by atomic mass is 15.4. The molecule has 3 atom stereocenters. The zero-order valence-corrected chi connectivity index (χ0v) is 10.7. The van der Waals surface area contributed by atoms with E-state index in [2.05, 4.69) is 16.7 Å². The quantitative estimate of drug-likeness (QED) is 0.622. The maximum Gasteiger partial charge on any atom is 0.0654 e. The first-order chi connectivity index (χ1) is 7.86. The van der Waals surface area contributed by atoms with E-state index in [0.717, 1.165) is 18.1 Å². The summed E-state index contributed by atoms with van der Waals surface area (Å²) < 4.78 is 0. The minimum absolute atomic E-state index is 0.809. The lowest BCUT2D eigenvalue weighted by Crippen LogP contribution is -2.45. The van der Waals surface area contributed by atoms with Gasteiger partial charge < -0.3 is 0 Å². The van der Waals surface area contributed by atoms with Crippen molar-refractivity contribution in [3.8, 4) is 0 Å². The van der Waals surface area contributed by atoms with Gasteiger partial charge in [-0.1, -0.05) is 19.3 Å². The van der Waals surface area contributed by atoms with Crippen LogP contribution >= 0.6 is 0 Å². The average molecular weight is 222 g/mol. The molecule has 92 valence electrons. The summed E-state index contributed by atoms with van der Waals surface area (Å²) in [5.74, 6) is 0.979. The molecule has 0 radical (unpaired) electrons. The second-order valence-corrected chi connectivity index (χ2v) is 6.10. The van der Waals surface area contributed by atoms with Crippen LogP contribution in [0.4, 0.5) is 0 Å². The molecule has 16 heavy (non-hydrogen) atoms. The van der Waals surface area contributed by atoms with E-state index in [1.54, 1.807) is 0 Å². The standard InChI is InChI=1S/C14H26N2/c1-12-11-15-9-5-2-3-7-13-8-4-6-10-16(12)14(13)15/h12-14H,2-11H2,1H3/t12?,13?,14-/m1/s1. The summed E-state index contributed by atoms with van der Waals surface area (Å²) in [6, 6.07) is 0.809. The lowest BCUT2D eigenvalue weighted by Gasteiger charge is -2.37. The zero-order valence-electron chi connectivity index (χ0n) is 10.7. The third kappa shape index (κ3) is 1.91. The lowest BCUT2D eigenvalue weighted by molar-refractivity contribution is 0.0640. The van der Waals surface area contributed by atoms with Gasteiger partial charge in [0.2, 0.25) is 0 Å². The summed E-state index contributed by atoms with van der Waals surface area (Å²) in [6.45, 7) is 6.50. The molecule has 0 saturated carbocycles. The minimum atomic E-state index is 0.809. The van der Waals surface area contributed by atoms with Gasteiger partial charge in [0.1, 0.15) is 0 Å². The summed E-state index contributed by atoms with van der Waals surface area (Å²) >= 11 is 0. The van der Waals surface area contributed by atoms with Gasteiger partial charge in [-0.15, -0.1) is 0 Å². The van der Waals surface area contributed by atoms with Crippen molar-refractivity contribution in [3.05, 3.63) is 0 Å². The van der Waals surface area contributed by atoms with Crippen LogP contribution in [0.15, 0.2) is 0 Å². The van der Waals surface area contributed by atoms with Crippen LogP contribution in [-0.2, 0) is 0 Å². The molecule has 0 N–H and O–H groups in total. The molecule has 0 spiro atoms. The monoisotopic (exact) mass is 222 g/mol. The molecular formula is C14H26N2. The van der Waals surface area contributed by atoms with Crippen LogP contribution in [0, 0.1) is 5.92 Å². The molecule has 3 heterocycles. The molecule has 0 bridgehead atoms. The molecule has 2 unspecified atom stereocenters. The normalized spacial score (nSPS) is 42.2. The van der Waals surface area contributed by atoms with E-state index in [9.17, 15) is 0 Å². The molecule has 0 aromatic rings. The Kier molecular flexibility index (Phi) is 3.21. The predicted molar refractivity (Wildman–Crippen MR) is 67.3 cm³/mol. The molecule has 3 saturated heterocycles. The van der Waals surface area contributed by atoms with Gasteiger partial charge in [0.25, 0.3) is 0 Å². The molecule has 2 nitrogen and oxygen atoms in total. The molecule has 3 fully saturated rings. The number of rotatable bonds is 0. The molecule has 3 aliphatic rings. The van der Waals surface area contributed by atoms with Crippen LogP contribution in [0.3, 0.4) is 0 Å². The Labute approximate surface area is 100.0 Å². The highest BCUT2D eigenvalue weighted by Crippen LogP contribution is 2.36. The molecule has 3 aliphatic heterocycles. The highest BCUT2D eigenvalue weighted by Gasteiger charge is 2.42. The molecule has 0 aliphatic carbocycles. The van der Waals surface area contributed by atoms with Gasteiger partial charge >= 0.3 is 0 Å². The van der Waals surface area contributed by atoms with Crippen molar-refractivity contribution >= 4 is 0 Å². The third-order valence-electron chi connectivity index (χ3n) is 4.96. The summed E-state index contributed by atoms with van der Waals surface area (Å²) in [5, 5.41) is 0. The first kappa shape index (κ1) is 11.0. The predicted octanol–water partition coefficient (Wildman–Crippen LogP) is 2.69. The van der Waals surface area contributed by atoms with Crippen LogP contribution in [0.5, 0.6) is 0 Å². The maximum absolute atomic E-state index is 2.82. The smallest absolute Gasteiger partial charge is 0.0654 e. The van der Waals surface area contributed by atoms with Gasteiger partial charge in [-0.2, -0.15) is 0 Å². The Morgan fingerprint density at radius 1 is 0.875 bits per heavy atom. The van der Waals surface area contributed by atoms with Crippen LogP contribution in [-0.4, -0.2) is 41.6 Å². The van der Waals surface area contributed by atoms with Gasteiger partial charge in [-0.25, -0.2) is 0 Å². The minimum Gasteiger partial charge on any atom is -0.286 e. The third-order valence-corrected chi connectivity index (χ3v) is 4.96. The summed E-state index contributed by atoms with van der Waals surface area (Å²) in [5.41, 5.74) is 0. The van der Waals surface area contributed by atoms with Crippen LogP contribution < -0.4 is 0 Å². The molecular weight excluding hydrogens is 196 g/mol. The van der Waals surface area contributed by atoms with Gasteiger partial charge in [-0.3, -0.25) is 9.80 Å². The van der Waals surface area contributed by atoms with Crippen molar-refractivity contribution in [1.29, 1.82) is 0 Å². The highest BCUT2D eigenvalue weighted by molar-refractivity contribution is 4.93. The second kappa shape index (κ2) is 4.66. The Morgan fingerprint density at radius 3 is 2.50 bits per heavy atom. The molecule has 0 aromatic carbocycles. The first-order valence-corrected chi connectivity index (χ1v) is 7.36. The van der Waals surface area contributed by atoms with Crippen molar-refractivity contribution in [3.63, 3.8) is 0 Å². The van der Waals surface area contributed by atoms with Crippen LogP contribution in [0.2, 0.25) is 0 Å². The first-order valence-electron chi connectivity index (χ1n) is 7.36. The fraction of sp³-hybridized carbons (Fsp3) is 1.00.